The fraction of sp³-hybridized carbons (Fsp3) is 0.765. The average molecular weight is 282 g/mol. The second-order valence-electron chi connectivity index (χ2n) is 6.23. The lowest BCUT2D eigenvalue weighted by Crippen LogP contribution is -2.27. The van der Waals surface area contributed by atoms with Crippen LogP contribution in [-0.2, 0) is 0 Å². The molecule has 0 radical (unpaired) electrons. The molecule has 0 heterocycles. The number of rotatable bonds is 7. The zero-order valence-electron chi connectivity index (χ0n) is 13.4. The summed E-state index contributed by atoms with van der Waals surface area (Å²) in [5.74, 6) is 2.42. The summed E-state index contributed by atoms with van der Waals surface area (Å²) in [5.41, 5.74) is 3.51. The lowest BCUT2D eigenvalue weighted by atomic mass is 9.72. The SMILES string of the molecule is CCSCCNC(C)/C=C/C1=C(C)CCCC1(C)C. The summed E-state index contributed by atoms with van der Waals surface area (Å²) in [6.45, 7) is 12.6. The normalized spacial score (nSPS) is 21.1. The van der Waals surface area contributed by atoms with Crippen LogP contribution in [0.5, 0.6) is 0 Å². The second-order valence-corrected chi connectivity index (χ2v) is 7.62. The number of hydrogen-bond donors (Lipinski definition) is 1. The fourth-order valence-electron chi connectivity index (χ4n) is 2.82. The minimum Gasteiger partial charge on any atom is -0.310 e. The molecule has 19 heavy (non-hydrogen) atoms. The van der Waals surface area contributed by atoms with Gasteiger partial charge in [0.05, 0.1) is 0 Å². The van der Waals surface area contributed by atoms with Crippen molar-refractivity contribution in [3.05, 3.63) is 23.3 Å². The molecule has 110 valence electrons. The molecule has 1 atom stereocenters. The third-order valence-corrected chi connectivity index (χ3v) is 4.91. The van der Waals surface area contributed by atoms with Gasteiger partial charge in [-0.15, -0.1) is 0 Å². The van der Waals surface area contributed by atoms with Crippen LogP contribution in [-0.4, -0.2) is 24.1 Å². The Balaban J connectivity index is 2.50. The van der Waals surface area contributed by atoms with Crippen LogP contribution < -0.4 is 5.32 Å². The van der Waals surface area contributed by atoms with Crippen LogP contribution in [0, 0.1) is 5.41 Å². The lowest BCUT2D eigenvalue weighted by molar-refractivity contribution is 0.376. The van der Waals surface area contributed by atoms with Crippen molar-refractivity contribution in [1.29, 1.82) is 0 Å². The minimum absolute atomic E-state index is 0.358. The van der Waals surface area contributed by atoms with E-state index >= 15 is 0 Å². The van der Waals surface area contributed by atoms with Gasteiger partial charge in [0.15, 0.2) is 0 Å². The van der Waals surface area contributed by atoms with E-state index < -0.39 is 0 Å². The lowest BCUT2D eigenvalue weighted by Gasteiger charge is -2.33. The summed E-state index contributed by atoms with van der Waals surface area (Å²) in [6.07, 6.45) is 8.65. The van der Waals surface area contributed by atoms with Crippen LogP contribution in [0.3, 0.4) is 0 Å². The molecule has 0 aromatic rings. The van der Waals surface area contributed by atoms with E-state index in [4.69, 9.17) is 0 Å². The molecule has 1 rings (SSSR count). The highest BCUT2D eigenvalue weighted by Gasteiger charge is 2.26. The van der Waals surface area contributed by atoms with E-state index in [-0.39, 0.29) is 0 Å². The monoisotopic (exact) mass is 281 g/mol. The van der Waals surface area contributed by atoms with Crippen molar-refractivity contribution in [2.45, 2.75) is 59.9 Å². The topological polar surface area (TPSA) is 12.0 Å². The number of allylic oxidation sites excluding steroid dienone is 3. The van der Waals surface area contributed by atoms with Crippen molar-refractivity contribution < 1.29 is 0 Å². The first-order valence-electron chi connectivity index (χ1n) is 7.67. The minimum atomic E-state index is 0.358. The second kappa shape index (κ2) is 8.16. The highest BCUT2D eigenvalue weighted by Crippen LogP contribution is 2.40. The van der Waals surface area contributed by atoms with Crippen molar-refractivity contribution in [1.82, 2.24) is 5.32 Å². The molecule has 0 bridgehead atoms. The number of nitrogens with one attached hydrogen (secondary N) is 1. The highest BCUT2D eigenvalue weighted by atomic mass is 32.2. The molecule has 0 aromatic heterocycles. The highest BCUT2D eigenvalue weighted by molar-refractivity contribution is 7.99. The quantitative estimate of drug-likeness (QED) is 0.673. The van der Waals surface area contributed by atoms with Gasteiger partial charge in [0, 0.05) is 18.3 Å². The molecule has 1 aliphatic carbocycles. The van der Waals surface area contributed by atoms with Crippen molar-refractivity contribution in [3.63, 3.8) is 0 Å². The van der Waals surface area contributed by atoms with Crippen molar-refractivity contribution in [2.75, 3.05) is 18.1 Å². The van der Waals surface area contributed by atoms with Gasteiger partial charge >= 0.3 is 0 Å². The third kappa shape index (κ3) is 5.74. The van der Waals surface area contributed by atoms with Gasteiger partial charge in [0.1, 0.15) is 0 Å². The van der Waals surface area contributed by atoms with E-state index in [2.05, 4.69) is 52.1 Å². The summed E-state index contributed by atoms with van der Waals surface area (Å²) in [7, 11) is 0. The molecular weight excluding hydrogens is 250 g/mol. The van der Waals surface area contributed by atoms with Crippen LogP contribution in [0.2, 0.25) is 0 Å². The molecule has 0 amide bonds. The van der Waals surface area contributed by atoms with Gasteiger partial charge in [-0.1, -0.05) is 38.5 Å². The zero-order valence-corrected chi connectivity index (χ0v) is 14.2. The molecule has 0 saturated carbocycles. The van der Waals surface area contributed by atoms with E-state index in [1.54, 1.807) is 11.1 Å². The summed E-state index contributed by atoms with van der Waals surface area (Å²) in [6, 6.07) is 0.468. The Morgan fingerprint density at radius 3 is 2.79 bits per heavy atom. The van der Waals surface area contributed by atoms with Crippen LogP contribution >= 0.6 is 11.8 Å². The van der Waals surface area contributed by atoms with E-state index in [0.29, 0.717) is 11.5 Å². The van der Waals surface area contributed by atoms with Crippen LogP contribution in [0.1, 0.15) is 53.9 Å². The third-order valence-electron chi connectivity index (χ3n) is 4.01. The molecule has 1 aliphatic rings. The summed E-state index contributed by atoms with van der Waals surface area (Å²) >= 11 is 2.00. The number of hydrogen-bond acceptors (Lipinski definition) is 2. The Labute approximate surface area is 124 Å². The smallest absolute Gasteiger partial charge is 0.0225 e. The molecule has 0 aromatic carbocycles. The summed E-state index contributed by atoms with van der Waals surface area (Å²) in [4.78, 5) is 0. The largest absolute Gasteiger partial charge is 0.310 e. The molecule has 0 saturated heterocycles. The maximum Gasteiger partial charge on any atom is 0.0225 e. The first-order valence-corrected chi connectivity index (χ1v) is 8.82. The van der Waals surface area contributed by atoms with Crippen molar-refractivity contribution in [3.8, 4) is 0 Å². The van der Waals surface area contributed by atoms with E-state index in [0.717, 1.165) is 6.54 Å². The van der Waals surface area contributed by atoms with Gasteiger partial charge in [-0.05, 0) is 49.9 Å². The van der Waals surface area contributed by atoms with E-state index in [9.17, 15) is 0 Å². The molecule has 1 N–H and O–H groups in total. The fourth-order valence-corrected chi connectivity index (χ4v) is 3.37. The Hall–Kier alpha value is -0.210. The van der Waals surface area contributed by atoms with Gasteiger partial charge in [-0.2, -0.15) is 11.8 Å². The molecule has 0 fully saturated rings. The molecular formula is C17H31NS. The predicted molar refractivity (Wildman–Crippen MR) is 89.9 cm³/mol. The Morgan fingerprint density at radius 1 is 1.42 bits per heavy atom. The Morgan fingerprint density at radius 2 is 2.16 bits per heavy atom. The zero-order chi connectivity index (χ0) is 14.3. The molecule has 1 unspecified atom stereocenters. The van der Waals surface area contributed by atoms with Crippen LogP contribution in [0.4, 0.5) is 0 Å². The van der Waals surface area contributed by atoms with Gasteiger partial charge in [-0.25, -0.2) is 0 Å². The van der Waals surface area contributed by atoms with Crippen molar-refractivity contribution >= 4 is 11.8 Å². The maximum atomic E-state index is 3.57. The molecule has 0 spiro atoms. The van der Waals surface area contributed by atoms with Crippen LogP contribution in [0.25, 0.3) is 0 Å². The first-order chi connectivity index (χ1) is 8.97. The van der Waals surface area contributed by atoms with Gasteiger partial charge in [0.25, 0.3) is 0 Å². The average Bonchev–Trinajstić information content (AvgIpc) is 2.33. The van der Waals surface area contributed by atoms with Gasteiger partial charge in [0.2, 0.25) is 0 Å². The van der Waals surface area contributed by atoms with Crippen LogP contribution in [0.15, 0.2) is 23.3 Å². The number of thioether (sulfide) groups is 1. The van der Waals surface area contributed by atoms with E-state index in [1.165, 1.54) is 30.8 Å². The van der Waals surface area contributed by atoms with Gasteiger partial charge < -0.3 is 5.32 Å². The maximum absolute atomic E-state index is 3.57. The molecule has 2 heteroatoms. The predicted octanol–water partition coefficient (Wildman–Crippen LogP) is 4.80. The molecule has 1 nitrogen and oxygen atoms in total. The van der Waals surface area contributed by atoms with Gasteiger partial charge in [-0.3, -0.25) is 0 Å². The Kier molecular flexibility index (Phi) is 7.23. The van der Waals surface area contributed by atoms with Crippen molar-refractivity contribution in [2.24, 2.45) is 5.41 Å². The first kappa shape index (κ1) is 16.8. The summed E-state index contributed by atoms with van der Waals surface area (Å²) < 4.78 is 0. The molecule has 0 aliphatic heterocycles. The standard InChI is InChI=1S/C17H31NS/c1-6-19-13-12-18-15(3)9-10-16-14(2)8-7-11-17(16,4)5/h9-10,15,18H,6-8,11-13H2,1-5H3/b10-9+. The van der Waals surface area contributed by atoms with E-state index in [1.807, 2.05) is 11.8 Å². The Bertz CT molecular complexity index is 328. The summed E-state index contributed by atoms with van der Waals surface area (Å²) in [5, 5.41) is 3.57.